The van der Waals surface area contributed by atoms with Crippen molar-refractivity contribution in [3.05, 3.63) is 33.4 Å². The number of carbonyl (C=O) groups is 1. The zero-order valence-corrected chi connectivity index (χ0v) is 13.4. The smallest absolute Gasteiger partial charge is 0.236 e. The highest BCUT2D eigenvalue weighted by Gasteiger charge is 2.17. The van der Waals surface area contributed by atoms with E-state index in [0.29, 0.717) is 6.54 Å². The largest absolute Gasteiger partial charge is 0.339 e. The summed E-state index contributed by atoms with van der Waals surface area (Å²) in [7, 11) is 2.00. The van der Waals surface area contributed by atoms with Crippen molar-refractivity contribution < 1.29 is 4.79 Å². The molecule has 1 saturated heterocycles. The van der Waals surface area contributed by atoms with E-state index in [-0.39, 0.29) is 5.91 Å². The Morgan fingerprint density at radius 1 is 1.32 bits per heavy atom. The first-order valence-electron chi connectivity index (χ1n) is 6.56. The lowest BCUT2D eigenvalue weighted by atomic mass is 10.2. The summed E-state index contributed by atoms with van der Waals surface area (Å²) < 4.78 is 1.24. The Labute approximate surface area is 128 Å². The zero-order chi connectivity index (χ0) is 13.7. The molecule has 0 aromatic heterocycles. The fourth-order valence-corrected chi connectivity index (χ4v) is 2.56. The number of amides is 1. The van der Waals surface area contributed by atoms with Crippen molar-refractivity contribution in [1.82, 2.24) is 15.1 Å². The van der Waals surface area contributed by atoms with E-state index in [1.807, 2.05) is 11.9 Å². The van der Waals surface area contributed by atoms with Crippen LogP contribution in [0.15, 0.2) is 24.3 Å². The van der Waals surface area contributed by atoms with Gasteiger partial charge >= 0.3 is 0 Å². The lowest BCUT2D eigenvalue weighted by Gasteiger charge is -2.29. The van der Waals surface area contributed by atoms with Crippen LogP contribution in [0.1, 0.15) is 5.56 Å². The number of carbonyl (C=O) groups excluding carboxylic acids is 1. The predicted molar refractivity (Wildman–Crippen MR) is 84.9 cm³/mol. The number of piperazine rings is 1. The topological polar surface area (TPSA) is 35.6 Å². The van der Waals surface area contributed by atoms with Gasteiger partial charge in [0.15, 0.2) is 0 Å². The lowest BCUT2D eigenvalue weighted by Crippen LogP contribution is -2.49. The van der Waals surface area contributed by atoms with Crippen molar-refractivity contribution in [2.45, 2.75) is 6.54 Å². The third-order valence-electron chi connectivity index (χ3n) is 3.24. The van der Waals surface area contributed by atoms with E-state index in [4.69, 9.17) is 0 Å². The van der Waals surface area contributed by atoms with Crippen LogP contribution in [0.4, 0.5) is 0 Å². The Bertz CT molecular complexity index is 415. The van der Waals surface area contributed by atoms with Gasteiger partial charge in [0.25, 0.3) is 0 Å². The molecule has 0 unspecified atom stereocenters. The first kappa shape index (κ1) is 14.7. The van der Waals surface area contributed by atoms with Crippen LogP contribution in [0.5, 0.6) is 0 Å². The summed E-state index contributed by atoms with van der Waals surface area (Å²) in [5.41, 5.74) is 1.25. The summed E-state index contributed by atoms with van der Waals surface area (Å²) in [4.78, 5) is 16.1. The zero-order valence-electron chi connectivity index (χ0n) is 11.2. The van der Waals surface area contributed by atoms with Crippen LogP contribution in [0.2, 0.25) is 0 Å². The molecule has 1 aromatic carbocycles. The van der Waals surface area contributed by atoms with E-state index in [1.165, 1.54) is 9.13 Å². The van der Waals surface area contributed by atoms with Crippen LogP contribution >= 0.6 is 22.6 Å². The highest BCUT2D eigenvalue weighted by molar-refractivity contribution is 14.1. The number of rotatable bonds is 4. The molecule has 1 heterocycles. The molecular formula is C14H20IN3O. The molecule has 0 radical (unpaired) electrons. The minimum absolute atomic E-state index is 0.231. The monoisotopic (exact) mass is 373 g/mol. The second-order valence-electron chi connectivity index (χ2n) is 4.93. The predicted octanol–water partition coefficient (Wildman–Crippen LogP) is 1.15. The van der Waals surface area contributed by atoms with Crippen LogP contribution in [0.25, 0.3) is 0 Å². The molecule has 2 rings (SSSR count). The molecule has 0 atom stereocenters. The molecule has 1 amide bonds. The fraction of sp³-hybridized carbons (Fsp3) is 0.500. The SMILES string of the molecule is CN(CC(=O)N1CCNCC1)Cc1ccc(I)cc1. The van der Waals surface area contributed by atoms with Crippen molar-refractivity contribution in [3.8, 4) is 0 Å². The first-order chi connectivity index (χ1) is 9.15. The molecule has 1 aliphatic heterocycles. The summed E-state index contributed by atoms with van der Waals surface area (Å²) in [5, 5.41) is 3.26. The van der Waals surface area contributed by atoms with E-state index in [2.05, 4.69) is 57.1 Å². The summed E-state index contributed by atoms with van der Waals surface area (Å²) in [5.74, 6) is 0.231. The van der Waals surface area contributed by atoms with Crippen LogP contribution < -0.4 is 5.32 Å². The molecule has 1 aliphatic rings. The number of likely N-dealkylation sites (N-methyl/N-ethyl adjacent to an activating group) is 1. The van der Waals surface area contributed by atoms with E-state index in [1.54, 1.807) is 0 Å². The second kappa shape index (κ2) is 7.21. The van der Waals surface area contributed by atoms with Gasteiger partial charge in [-0.25, -0.2) is 0 Å². The van der Waals surface area contributed by atoms with Crippen molar-refractivity contribution in [3.63, 3.8) is 0 Å². The lowest BCUT2D eigenvalue weighted by molar-refractivity contribution is -0.132. The number of halogens is 1. The highest BCUT2D eigenvalue weighted by atomic mass is 127. The molecule has 0 bridgehead atoms. The van der Waals surface area contributed by atoms with Crippen molar-refractivity contribution in [1.29, 1.82) is 0 Å². The molecule has 19 heavy (non-hydrogen) atoms. The van der Waals surface area contributed by atoms with Gasteiger partial charge in [-0.2, -0.15) is 0 Å². The fourth-order valence-electron chi connectivity index (χ4n) is 2.20. The molecule has 1 fully saturated rings. The third-order valence-corrected chi connectivity index (χ3v) is 3.96. The van der Waals surface area contributed by atoms with Crippen LogP contribution in [-0.2, 0) is 11.3 Å². The molecule has 4 nitrogen and oxygen atoms in total. The summed E-state index contributed by atoms with van der Waals surface area (Å²) in [6.45, 7) is 4.78. The standard InChI is InChI=1S/C14H20IN3O/c1-17(10-12-2-4-13(15)5-3-12)11-14(19)18-8-6-16-7-9-18/h2-5,16H,6-11H2,1H3. The van der Waals surface area contributed by atoms with Crippen molar-refractivity contribution >= 4 is 28.5 Å². The maximum Gasteiger partial charge on any atom is 0.236 e. The van der Waals surface area contributed by atoms with Gasteiger partial charge in [-0.15, -0.1) is 0 Å². The van der Waals surface area contributed by atoms with Crippen LogP contribution in [0.3, 0.4) is 0 Å². The average molecular weight is 373 g/mol. The molecule has 0 saturated carbocycles. The van der Waals surface area contributed by atoms with Gasteiger partial charge in [-0.3, -0.25) is 9.69 Å². The van der Waals surface area contributed by atoms with Gasteiger partial charge in [0.1, 0.15) is 0 Å². The average Bonchev–Trinajstić information content (AvgIpc) is 2.42. The number of nitrogens with one attached hydrogen (secondary N) is 1. The number of nitrogens with zero attached hydrogens (tertiary/aromatic N) is 2. The summed E-state index contributed by atoms with van der Waals surface area (Å²) >= 11 is 2.30. The Kier molecular flexibility index (Phi) is 5.59. The van der Waals surface area contributed by atoms with Crippen molar-refractivity contribution in [2.75, 3.05) is 39.8 Å². The Morgan fingerprint density at radius 2 is 1.95 bits per heavy atom. The molecule has 1 N–H and O–H groups in total. The van der Waals surface area contributed by atoms with E-state index in [0.717, 1.165) is 32.7 Å². The van der Waals surface area contributed by atoms with Gasteiger partial charge in [0.2, 0.25) is 5.91 Å². The minimum atomic E-state index is 0.231. The number of hydrogen-bond donors (Lipinski definition) is 1. The van der Waals surface area contributed by atoms with Crippen LogP contribution in [0, 0.1) is 3.57 Å². The Morgan fingerprint density at radius 3 is 2.58 bits per heavy atom. The van der Waals surface area contributed by atoms with Gasteiger partial charge in [0, 0.05) is 36.3 Å². The van der Waals surface area contributed by atoms with Gasteiger partial charge in [-0.05, 0) is 47.3 Å². The quantitative estimate of drug-likeness (QED) is 0.805. The van der Waals surface area contributed by atoms with Crippen molar-refractivity contribution in [2.24, 2.45) is 0 Å². The van der Waals surface area contributed by atoms with E-state index < -0.39 is 0 Å². The molecule has 0 aliphatic carbocycles. The molecule has 1 aromatic rings. The maximum atomic E-state index is 12.1. The normalized spacial score (nSPS) is 15.8. The number of hydrogen-bond acceptors (Lipinski definition) is 3. The number of benzene rings is 1. The highest BCUT2D eigenvalue weighted by Crippen LogP contribution is 2.08. The van der Waals surface area contributed by atoms with E-state index in [9.17, 15) is 4.79 Å². The first-order valence-corrected chi connectivity index (χ1v) is 7.64. The maximum absolute atomic E-state index is 12.1. The molecular weight excluding hydrogens is 353 g/mol. The van der Waals surface area contributed by atoms with Gasteiger partial charge in [-0.1, -0.05) is 12.1 Å². The van der Waals surface area contributed by atoms with Gasteiger partial charge in [0.05, 0.1) is 6.54 Å². The second-order valence-corrected chi connectivity index (χ2v) is 6.18. The Balaban J connectivity index is 1.81. The van der Waals surface area contributed by atoms with Crippen LogP contribution in [-0.4, -0.2) is 55.5 Å². The molecule has 0 spiro atoms. The summed E-state index contributed by atoms with van der Waals surface area (Å²) in [6, 6.07) is 8.44. The van der Waals surface area contributed by atoms with Gasteiger partial charge < -0.3 is 10.2 Å². The molecule has 5 heteroatoms. The van der Waals surface area contributed by atoms with E-state index >= 15 is 0 Å². The summed E-state index contributed by atoms with van der Waals surface area (Å²) in [6.07, 6.45) is 0. The third kappa shape index (κ3) is 4.74. The minimum Gasteiger partial charge on any atom is -0.339 e. The molecule has 104 valence electrons. The Hall–Kier alpha value is -0.660.